The number of anilines is 1. The molecule has 1 amide bonds. The van der Waals surface area contributed by atoms with Gasteiger partial charge < -0.3 is 10.2 Å². The highest BCUT2D eigenvalue weighted by molar-refractivity contribution is 5.99. The lowest BCUT2D eigenvalue weighted by atomic mass is 9.99. The number of aromatic nitrogens is 4. The van der Waals surface area contributed by atoms with Gasteiger partial charge in [0.1, 0.15) is 11.4 Å². The lowest BCUT2D eigenvalue weighted by molar-refractivity contribution is 0.0952. The number of amides is 1. The summed E-state index contributed by atoms with van der Waals surface area (Å²) in [6, 6.07) is 15.9. The van der Waals surface area contributed by atoms with Gasteiger partial charge in [-0.05, 0) is 36.5 Å². The molecule has 4 aromatic rings. The number of carbonyl (C=O) groups excluding carboxylic acids is 1. The highest BCUT2D eigenvalue weighted by Crippen LogP contribution is 2.22. The number of nitrogens with one attached hydrogen (secondary N) is 1. The molecule has 32 heavy (non-hydrogen) atoms. The summed E-state index contributed by atoms with van der Waals surface area (Å²) in [6.07, 6.45) is 7.54. The zero-order valence-corrected chi connectivity index (χ0v) is 18.1. The molecule has 0 atom stereocenters. The third-order valence-electron chi connectivity index (χ3n) is 6.09. The minimum absolute atomic E-state index is 0.202. The quantitative estimate of drug-likeness (QED) is 0.523. The summed E-state index contributed by atoms with van der Waals surface area (Å²) in [7, 11) is 0. The number of piperidine rings is 1. The predicted molar refractivity (Wildman–Crippen MR) is 124 cm³/mol. The fourth-order valence-corrected chi connectivity index (χ4v) is 4.10. The van der Waals surface area contributed by atoms with Crippen LogP contribution in [-0.4, -0.2) is 38.6 Å². The van der Waals surface area contributed by atoms with Crippen LogP contribution in [0.2, 0.25) is 0 Å². The van der Waals surface area contributed by atoms with Gasteiger partial charge >= 0.3 is 0 Å². The van der Waals surface area contributed by atoms with E-state index in [4.69, 9.17) is 0 Å². The van der Waals surface area contributed by atoms with Gasteiger partial charge in [0, 0.05) is 37.6 Å². The smallest absolute Gasteiger partial charge is 0.257 e. The van der Waals surface area contributed by atoms with Crippen LogP contribution >= 0.6 is 0 Å². The predicted octanol–water partition coefficient (Wildman–Crippen LogP) is 3.96. The van der Waals surface area contributed by atoms with Gasteiger partial charge in [0.25, 0.3) is 5.91 Å². The summed E-state index contributed by atoms with van der Waals surface area (Å²) in [4.78, 5) is 24.2. The van der Waals surface area contributed by atoms with Crippen LogP contribution in [0, 0.1) is 5.92 Å². The summed E-state index contributed by atoms with van der Waals surface area (Å²) >= 11 is 0. The van der Waals surface area contributed by atoms with Crippen LogP contribution in [0.1, 0.15) is 35.7 Å². The number of pyridine rings is 1. The Hall–Kier alpha value is -3.74. The van der Waals surface area contributed by atoms with Crippen molar-refractivity contribution in [2.45, 2.75) is 26.3 Å². The second-order valence-electron chi connectivity index (χ2n) is 8.37. The van der Waals surface area contributed by atoms with Crippen molar-refractivity contribution in [1.82, 2.24) is 24.9 Å². The zero-order chi connectivity index (χ0) is 21.9. The minimum atomic E-state index is -0.202. The first kappa shape index (κ1) is 20.2. The van der Waals surface area contributed by atoms with Crippen LogP contribution in [-0.2, 0) is 6.54 Å². The molecule has 3 aromatic heterocycles. The first-order valence-electron chi connectivity index (χ1n) is 11.1. The molecule has 0 bridgehead atoms. The number of carbonyl (C=O) groups is 1. The van der Waals surface area contributed by atoms with E-state index < -0.39 is 0 Å². The first-order chi connectivity index (χ1) is 15.7. The molecule has 7 heteroatoms. The first-order valence-corrected chi connectivity index (χ1v) is 11.1. The van der Waals surface area contributed by atoms with Crippen molar-refractivity contribution in [3.05, 3.63) is 78.2 Å². The number of benzene rings is 1. The van der Waals surface area contributed by atoms with Crippen LogP contribution in [0.4, 0.5) is 5.82 Å². The molecule has 0 unspecified atom stereocenters. The molecule has 1 saturated heterocycles. The van der Waals surface area contributed by atoms with Crippen LogP contribution in [0.3, 0.4) is 0 Å². The Bertz CT molecular complexity index is 1210. The second kappa shape index (κ2) is 8.78. The van der Waals surface area contributed by atoms with Crippen molar-refractivity contribution in [3.8, 4) is 11.3 Å². The van der Waals surface area contributed by atoms with E-state index in [0.717, 1.165) is 41.6 Å². The Labute approximate surface area is 187 Å². The third kappa shape index (κ3) is 4.06. The molecule has 1 aliphatic heterocycles. The van der Waals surface area contributed by atoms with Crippen molar-refractivity contribution in [2.75, 3.05) is 18.0 Å². The molecule has 0 aliphatic carbocycles. The fourth-order valence-electron chi connectivity index (χ4n) is 4.10. The average Bonchev–Trinajstić information content (AvgIpc) is 3.28. The molecule has 162 valence electrons. The maximum atomic E-state index is 12.9. The van der Waals surface area contributed by atoms with E-state index in [2.05, 4.69) is 32.2 Å². The van der Waals surface area contributed by atoms with E-state index in [0.29, 0.717) is 17.8 Å². The molecule has 1 aliphatic rings. The molecule has 0 saturated carbocycles. The monoisotopic (exact) mass is 426 g/mol. The van der Waals surface area contributed by atoms with Crippen molar-refractivity contribution >= 4 is 17.4 Å². The number of hydrogen-bond acceptors (Lipinski definition) is 5. The van der Waals surface area contributed by atoms with Gasteiger partial charge in [0.05, 0.1) is 11.9 Å². The van der Waals surface area contributed by atoms with Crippen LogP contribution in [0.25, 0.3) is 16.9 Å². The molecule has 0 spiro atoms. The van der Waals surface area contributed by atoms with E-state index in [1.807, 2.05) is 54.7 Å². The molecular formula is C25H26N6O. The summed E-state index contributed by atoms with van der Waals surface area (Å²) in [6.45, 7) is 4.81. The van der Waals surface area contributed by atoms with E-state index in [1.165, 1.54) is 12.8 Å². The molecule has 1 fully saturated rings. The van der Waals surface area contributed by atoms with Gasteiger partial charge in [0.2, 0.25) is 0 Å². The zero-order valence-electron chi connectivity index (χ0n) is 18.1. The molecule has 4 heterocycles. The Balaban J connectivity index is 1.27. The Morgan fingerprint density at radius 2 is 1.84 bits per heavy atom. The number of nitrogens with zero attached hydrogens (tertiary/aromatic N) is 5. The van der Waals surface area contributed by atoms with E-state index in [-0.39, 0.29) is 5.91 Å². The summed E-state index contributed by atoms with van der Waals surface area (Å²) in [5, 5.41) is 7.39. The highest BCUT2D eigenvalue weighted by Gasteiger charge is 2.18. The topological polar surface area (TPSA) is 75.4 Å². The van der Waals surface area contributed by atoms with Crippen LogP contribution < -0.4 is 10.2 Å². The fraction of sp³-hybridized carbons (Fsp3) is 0.280. The SMILES string of the molecule is CC1CCN(c2ccc(CNC(=O)c3cnn4c(-c5ccccc5)ccnc34)cn2)CC1. The maximum absolute atomic E-state index is 12.9. The molecule has 5 rings (SSSR count). The van der Waals surface area contributed by atoms with Crippen molar-refractivity contribution in [3.63, 3.8) is 0 Å². The molecule has 1 aromatic carbocycles. The second-order valence-corrected chi connectivity index (χ2v) is 8.37. The normalized spacial score (nSPS) is 14.6. The van der Waals surface area contributed by atoms with Crippen LogP contribution in [0.15, 0.2) is 67.1 Å². The van der Waals surface area contributed by atoms with Gasteiger partial charge in [-0.3, -0.25) is 4.79 Å². The highest BCUT2D eigenvalue weighted by atomic mass is 16.1. The van der Waals surface area contributed by atoms with Gasteiger partial charge in [-0.1, -0.05) is 43.3 Å². The van der Waals surface area contributed by atoms with Crippen molar-refractivity contribution < 1.29 is 4.79 Å². The standard InChI is InChI=1S/C25H26N6O/c1-18-10-13-30(14-11-18)23-8-7-19(15-27-23)16-28-25(32)21-17-29-31-22(9-12-26-24(21)31)20-5-3-2-4-6-20/h2-9,12,15,17-18H,10-11,13-14,16H2,1H3,(H,28,32). The summed E-state index contributed by atoms with van der Waals surface area (Å²) in [5.41, 5.74) is 3.86. The summed E-state index contributed by atoms with van der Waals surface area (Å²) < 4.78 is 1.71. The molecular weight excluding hydrogens is 400 g/mol. The Morgan fingerprint density at radius 3 is 2.59 bits per heavy atom. The number of rotatable bonds is 5. The number of fused-ring (bicyclic) bond motifs is 1. The van der Waals surface area contributed by atoms with Gasteiger partial charge in [-0.2, -0.15) is 5.10 Å². The average molecular weight is 427 g/mol. The van der Waals surface area contributed by atoms with E-state index in [1.54, 1.807) is 16.9 Å². The van der Waals surface area contributed by atoms with Gasteiger partial charge in [-0.25, -0.2) is 14.5 Å². The molecule has 0 radical (unpaired) electrons. The van der Waals surface area contributed by atoms with E-state index in [9.17, 15) is 4.79 Å². The lowest BCUT2D eigenvalue weighted by Gasteiger charge is -2.31. The van der Waals surface area contributed by atoms with Gasteiger partial charge in [0.15, 0.2) is 5.65 Å². The minimum Gasteiger partial charge on any atom is -0.357 e. The van der Waals surface area contributed by atoms with Crippen LogP contribution in [0.5, 0.6) is 0 Å². The number of hydrogen-bond donors (Lipinski definition) is 1. The molecule has 1 N–H and O–H groups in total. The van der Waals surface area contributed by atoms with Crippen molar-refractivity contribution in [2.24, 2.45) is 5.92 Å². The lowest BCUT2D eigenvalue weighted by Crippen LogP contribution is -2.33. The largest absolute Gasteiger partial charge is 0.357 e. The Morgan fingerprint density at radius 1 is 1.03 bits per heavy atom. The van der Waals surface area contributed by atoms with Crippen molar-refractivity contribution in [1.29, 1.82) is 0 Å². The summed E-state index contributed by atoms with van der Waals surface area (Å²) in [5.74, 6) is 1.60. The Kier molecular flexibility index (Phi) is 5.54. The van der Waals surface area contributed by atoms with E-state index >= 15 is 0 Å². The maximum Gasteiger partial charge on any atom is 0.257 e. The molecule has 7 nitrogen and oxygen atoms in total. The van der Waals surface area contributed by atoms with Gasteiger partial charge in [-0.15, -0.1) is 0 Å². The third-order valence-corrected chi connectivity index (χ3v) is 6.09.